The molecular formula is C21H23N3O3. The Morgan fingerprint density at radius 1 is 1.22 bits per heavy atom. The molecule has 0 bridgehead atoms. The van der Waals surface area contributed by atoms with Gasteiger partial charge in [-0.25, -0.2) is 0 Å². The van der Waals surface area contributed by atoms with Gasteiger partial charge in [-0.15, -0.1) is 0 Å². The van der Waals surface area contributed by atoms with Gasteiger partial charge in [0, 0.05) is 25.2 Å². The Bertz CT molecular complexity index is 896. The van der Waals surface area contributed by atoms with Crippen LogP contribution in [0.3, 0.4) is 0 Å². The van der Waals surface area contributed by atoms with Gasteiger partial charge < -0.3 is 19.5 Å². The molecule has 0 aliphatic heterocycles. The predicted octanol–water partition coefficient (Wildman–Crippen LogP) is 3.73. The molecule has 0 saturated heterocycles. The number of carbonyl (C=O) groups is 1. The summed E-state index contributed by atoms with van der Waals surface area (Å²) >= 11 is 0. The van der Waals surface area contributed by atoms with Crippen LogP contribution in [-0.2, 0) is 9.63 Å². The van der Waals surface area contributed by atoms with Crippen molar-refractivity contribution in [3.05, 3.63) is 65.9 Å². The molecule has 6 nitrogen and oxygen atoms in total. The van der Waals surface area contributed by atoms with Crippen molar-refractivity contribution in [2.45, 2.75) is 13.0 Å². The van der Waals surface area contributed by atoms with Gasteiger partial charge in [0.1, 0.15) is 11.3 Å². The van der Waals surface area contributed by atoms with E-state index >= 15 is 0 Å². The number of nitrogens with one attached hydrogen (secondary N) is 1. The van der Waals surface area contributed by atoms with E-state index in [9.17, 15) is 4.79 Å². The standard InChI is InChI=1S/C21H23N3O3/c1-15(20-12-17-6-4-5-7-19(17)27-20)23-21(25)14-26-22-13-16-8-10-18(11-9-16)24(2)3/h4-13,15H,14H2,1-3H3,(H,23,25). The molecule has 0 aliphatic carbocycles. The number of carbonyl (C=O) groups excluding carboxylic acids is 1. The summed E-state index contributed by atoms with van der Waals surface area (Å²) in [5.74, 6) is 0.442. The van der Waals surface area contributed by atoms with E-state index in [1.165, 1.54) is 0 Å². The molecule has 0 spiro atoms. The van der Waals surface area contributed by atoms with E-state index in [2.05, 4.69) is 10.5 Å². The second kappa shape index (κ2) is 8.40. The first-order valence-corrected chi connectivity index (χ1v) is 8.73. The maximum absolute atomic E-state index is 12.0. The molecule has 2 aromatic carbocycles. The molecule has 0 radical (unpaired) electrons. The Morgan fingerprint density at radius 3 is 2.67 bits per heavy atom. The lowest BCUT2D eigenvalue weighted by Crippen LogP contribution is -2.29. The quantitative estimate of drug-likeness (QED) is 0.512. The van der Waals surface area contributed by atoms with E-state index in [-0.39, 0.29) is 18.6 Å². The van der Waals surface area contributed by atoms with Gasteiger partial charge in [-0.2, -0.15) is 0 Å². The summed E-state index contributed by atoms with van der Waals surface area (Å²) in [6.07, 6.45) is 1.58. The van der Waals surface area contributed by atoms with Gasteiger partial charge in [0.2, 0.25) is 0 Å². The first-order valence-electron chi connectivity index (χ1n) is 8.73. The van der Waals surface area contributed by atoms with Crippen LogP contribution in [0.15, 0.2) is 64.2 Å². The number of benzene rings is 2. The maximum Gasteiger partial charge on any atom is 0.261 e. The molecule has 6 heteroatoms. The van der Waals surface area contributed by atoms with E-state index in [0.717, 1.165) is 22.2 Å². The summed E-state index contributed by atoms with van der Waals surface area (Å²) in [4.78, 5) is 19.1. The molecular weight excluding hydrogens is 342 g/mol. The van der Waals surface area contributed by atoms with Crippen molar-refractivity contribution in [2.24, 2.45) is 5.16 Å². The fourth-order valence-electron chi connectivity index (χ4n) is 2.62. The van der Waals surface area contributed by atoms with Crippen LogP contribution in [0.1, 0.15) is 24.3 Å². The number of fused-ring (bicyclic) bond motifs is 1. The van der Waals surface area contributed by atoms with Crippen LogP contribution in [0, 0.1) is 0 Å². The highest BCUT2D eigenvalue weighted by atomic mass is 16.6. The first kappa shape index (κ1) is 18.5. The summed E-state index contributed by atoms with van der Waals surface area (Å²) in [5.41, 5.74) is 2.80. The van der Waals surface area contributed by atoms with Crippen LogP contribution in [0.2, 0.25) is 0 Å². The molecule has 1 unspecified atom stereocenters. The largest absolute Gasteiger partial charge is 0.459 e. The monoisotopic (exact) mass is 365 g/mol. The fraction of sp³-hybridized carbons (Fsp3) is 0.238. The number of oxime groups is 1. The minimum atomic E-state index is -0.261. The molecule has 3 aromatic rings. The lowest BCUT2D eigenvalue weighted by atomic mass is 10.2. The third kappa shape index (κ3) is 4.88. The van der Waals surface area contributed by atoms with E-state index in [4.69, 9.17) is 9.25 Å². The molecule has 1 aromatic heterocycles. The first-order chi connectivity index (χ1) is 13.0. The second-order valence-electron chi connectivity index (χ2n) is 6.47. The van der Waals surface area contributed by atoms with Gasteiger partial charge >= 0.3 is 0 Å². The second-order valence-corrected chi connectivity index (χ2v) is 6.47. The summed E-state index contributed by atoms with van der Waals surface area (Å²) in [7, 11) is 3.97. The van der Waals surface area contributed by atoms with Crippen LogP contribution >= 0.6 is 0 Å². The molecule has 1 amide bonds. The SMILES string of the molecule is CC(NC(=O)CON=Cc1ccc(N(C)C)cc1)c1cc2ccccc2o1. The zero-order chi connectivity index (χ0) is 19.2. The van der Waals surface area contributed by atoms with Gasteiger partial charge in [-0.3, -0.25) is 4.79 Å². The lowest BCUT2D eigenvalue weighted by Gasteiger charge is -2.11. The summed E-state index contributed by atoms with van der Waals surface area (Å²) in [6.45, 7) is 1.71. The Balaban J connectivity index is 1.47. The number of furan rings is 1. The highest BCUT2D eigenvalue weighted by Gasteiger charge is 2.14. The maximum atomic E-state index is 12.0. The minimum absolute atomic E-state index is 0.156. The average Bonchev–Trinajstić information content (AvgIpc) is 3.10. The molecule has 140 valence electrons. The van der Waals surface area contributed by atoms with Crippen LogP contribution in [0.5, 0.6) is 0 Å². The Hall–Kier alpha value is -3.28. The topological polar surface area (TPSA) is 67.1 Å². The number of rotatable bonds is 7. The van der Waals surface area contributed by atoms with E-state index in [1.807, 2.05) is 80.5 Å². The van der Waals surface area contributed by atoms with Gasteiger partial charge in [0.05, 0.1) is 12.3 Å². The van der Waals surface area contributed by atoms with E-state index in [1.54, 1.807) is 6.21 Å². The molecule has 1 heterocycles. The van der Waals surface area contributed by atoms with Gasteiger partial charge in [0.25, 0.3) is 5.91 Å². The summed E-state index contributed by atoms with van der Waals surface area (Å²) in [6, 6.07) is 17.3. The van der Waals surface area contributed by atoms with Crippen LogP contribution in [0.25, 0.3) is 11.0 Å². The number of para-hydroxylation sites is 1. The third-order valence-electron chi connectivity index (χ3n) is 4.13. The zero-order valence-corrected chi connectivity index (χ0v) is 15.7. The molecule has 0 saturated carbocycles. The van der Waals surface area contributed by atoms with Crippen molar-refractivity contribution in [2.75, 3.05) is 25.6 Å². The summed E-state index contributed by atoms with van der Waals surface area (Å²) in [5, 5.41) is 7.70. The van der Waals surface area contributed by atoms with E-state index in [0.29, 0.717) is 5.76 Å². The smallest absolute Gasteiger partial charge is 0.261 e. The molecule has 1 atom stereocenters. The van der Waals surface area contributed by atoms with Crippen molar-refractivity contribution in [3.63, 3.8) is 0 Å². The van der Waals surface area contributed by atoms with Gasteiger partial charge in [0.15, 0.2) is 6.61 Å². The van der Waals surface area contributed by atoms with Crippen molar-refractivity contribution in [1.29, 1.82) is 0 Å². The number of amides is 1. The average molecular weight is 365 g/mol. The van der Waals surface area contributed by atoms with Crippen molar-refractivity contribution >= 4 is 28.8 Å². The van der Waals surface area contributed by atoms with Gasteiger partial charge in [-0.05, 0) is 36.8 Å². The Morgan fingerprint density at radius 2 is 1.96 bits per heavy atom. The van der Waals surface area contributed by atoms with Crippen LogP contribution in [0.4, 0.5) is 5.69 Å². The van der Waals surface area contributed by atoms with Crippen molar-refractivity contribution < 1.29 is 14.0 Å². The number of anilines is 1. The highest BCUT2D eigenvalue weighted by molar-refractivity contribution is 5.81. The number of nitrogens with zero attached hydrogens (tertiary/aromatic N) is 2. The number of hydrogen-bond donors (Lipinski definition) is 1. The van der Waals surface area contributed by atoms with Crippen molar-refractivity contribution in [3.8, 4) is 0 Å². The van der Waals surface area contributed by atoms with Crippen molar-refractivity contribution in [1.82, 2.24) is 5.32 Å². The van der Waals surface area contributed by atoms with Crippen LogP contribution in [-0.4, -0.2) is 32.8 Å². The van der Waals surface area contributed by atoms with E-state index < -0.39 is 0 Å². The number of hydrogen-bond acceptors (Lipinski definition) is 5. The van der Waals surface area contributed by atoms with Gasteiger partial charge in [-0.1, -0.05) is 35.5 Å². The Kier molecular flexibility index (Phi) is 5.76. The Labute approximate surface area is 158 Å². The molecule has 3 rings (SSSR count). The lowest BCUT2D eigenvalue weighted by molar-refractivity contribution is -0.126. The highest BCUT2D eigenvalue weighted by Crippen LogP contribution is 2.23. The third-order valence-corrected chi connectivity index (χ3v) is 4.13. The van der Waals surface area contributed by atoms with Crippen LogP contribution < -0.4 is 10.2 Å². The molecule has 27 heavy (non-hydrogen) atoms. The normalized spacial score (nSPS) is 12.3. The molecule has 0 fully saturated rings. The molecule has 1 N–H and O–H groups in total. The molecule has 0 aliphatic rings. The minimum Gasteiger partial charge on any atom is -0.459 e. The summed E-state index contributed by atoms with van der Waals surface area (Å²) < 4.78 is 5.75. The zero-order valence-electron chi connectivity index (χ0n) is 15.7. The predicted molar refractivity (Wildman–Crippen MR) is 107 cm³/mol. The fourth-order valence-corrected chi connectivity index (χ4v) is 2.62.